The molecule has 3 heteroatoms. The Balaban J connectivity index is 2.56. The summed E-state index contributed by atoms with van der Waals surface area (Å²) in [5, 5.41) is 4.22. The Bertz CT molecular complexity index is 582. The first-order chi connectivity index (χ1) is 7.99. The maximum absolute atomic E-state index is 11.3. The topological polar surface area (TPSA) is 34.9 Å². The highest BCUT2D eigenvalue weighted by molar-refractivity contribution is 5.93. The SMILES string of the molecule is CC(=O)c1cc(-c2ccc(C)cc2C)n(C)n1. The third kappa shape index (κ3) is 2.13. The molecule has 0 bridgehead atoms. The third-order valence-corrected chi connectivity index (χ3v) is 2.90. The standard InChI is InChI=1S/C14H16N2O/c1-9-5-6-12(10(2)7-9)14-8-13(11(3)17)15-16(14)4/h5-8H,1-4H3. The smallest absolute Gasteiger partial charge is 0.180 e. The van der Waals surface area contributed by atoms with Crippen LogP contribution in [0.5, 0.6) is 0 Å². The predicted octanol–water partition coefficient (Wildman–Crippen LogP) is 2.91. The minimum absolute atomic E-state index is 0.00313. The fourth-order valence-corrected chi connectivity index (χ4v) is 1.99. The number of aryl methyl sites for hydroxylation is 3. The van der Waals surface area contributed by atoms with Gasteiger partial charge in [0.1, 0.15) is 5.69 Å². The summed E-state index contributed by atoms with van der Waals surface area (Å²) in [6.07, 6.45) is 0. The molecule has 0 aliphatic carbocycles. The van der Waals surface area contributed by atoms with Crippen molar-refractivity contribution in [2.75, 3.05) is 0 Å². The van der Waals surface area contributed by atoms with Gasteiger partial charge in [-0.2, -0.15) is 5.10 Å². The largest absolute Gasteiger partial charge is 0.293 e. The van der Waals surface area contributed by atoms with Crippen molar-refractivity contribution in [2.24, 2.45) is 7.05 Å². The van der Waals surface area contributed by atoms with Gasteiger partial charge in [-0.15, -0.1) is 0 Å². The van der Waals surface area contributed by atoms with E-state index in [0.717, 1.165) is 11.3 Å². The number of Topliss-reactive ketones (excluding diaryl/α,β-unsaturated/α-hetero) is 1. The molecule has 0 aliphatic heterocycles. The van der Waals surface area contributed by atoms with Gasteiger partial charge in [-0.25, -0.2) is 0 Å². The van der Waals surface area contributed by atoms with Crippen LogP contribution in [-0.2, 0) is 7.05 Å². The number of hydrogen-bond donors (Lipinski definition) is 0. The van der Waals surface area contributed by atoms with Crippen LogP contribution in [0.2, 0.25) is 0 Å². The molecule has 2 rings (SSSR count). The monoisotopic (exact) mass is 228 g/mol. The van der Waals surface area contributed by atoms with E-state index >= 15 is 0 Å². The Morgan fingerprint density at radius 2 is 1.94 bits per heavy atom. The molecule has 0 N–H and O–H groups in total. The Labute approximate surface area is 101 Å². The van der Waals surface area contributed by atoms with Crippen LogP contribution in [0, 0.1) is 13.8 Å². The Hall–Kier alpha value is -1.90. The molecule has 0 saturated heterocycles. The van der Waals surface area contributed by atoms with Gasteiger partial charge in [-0.1, -0.05) is 23.8 Å². The fraction of sp³-hybridized carbons (Fsp3) is 0.286. The van der Waals surface area contributed by atoms with Crippen molar-refractivity contribution in [1.29, 1.82) is 0 Å². The number of carbonyl (C=O) groups excluding carboxylic acids is 1. The molecule has 3 nitrogen and oxygen atoms in total. The molecule has 1 heterocycles. The lowest BCUT2D eigenvalue weighted by Crippen LogP contribution is -1.97. The molecule has 17 heavy (non-hydrogen) atoms. The fourth-order valence-electron chi connectivity index (χ4n) is 1.99. The van der Waals surface area contributed by atoms with Gasteiger partial charge in [-0.05, 0) is 25.5 Å². The maximum atomic E-state index is 11.3. The Kier molecular flexibility index (Phi) is 2.84. The van der Waals surface area contributed by atoms with E-state index < -0.39 is 0 Å². The second-order valence-corrected chi connectivity index (χ2v) is 4.41. The van der Waals surface area contributed by atoms with Gasteiger partial charge in [0.15, 0.2) is 5.78 Å². The van der Waals surface area contributed by atoms with Crippen LogP contribution in [0.25, 0.3) is 11.3 Å². The average molecular weight is 228 g/mol. The van der Waals surface area contributed by atoms with E-state index in [-0.39, 0.29) is 5.78 Å². The van der Waals surface area contributed by atoms with E-state index in [1.165, 1.54) is 18.1 Å². The van der Waals surface area contributed by atoms with E-state index in [1.807, 2.05) is 13.1 Å². The number of hydrogen-bond acceptors (Lipinski definition) is 2. The van der Waals surface area contributed by atoms with Crippen molar-refractivity contribution in [3.63, 3.8) is 0 Å². The van der Waals surface area contributed by atoms with Crippen LogP contribution in [0.4, 0.5) is 0 Å². The second kappa shape index (κ2) is 4.17. The molecular weight excluding hydrogens is 212 g/mol. The van der Waals surface area contributed by atoms with E-state index in [1.54, 1.807) is 4.68 Å². The Morgan fingerprint density at radius 3 is 2.47 bits per heavy atom. The highest BCUT2D eigenvalue weighted by Gasteiger charge is 2.11. The number of rotatable bonds is 2. The van der Waals surface area contributed by atoms with Crippen molar-refractivity contribution in [2.45, 2.75) is 20.8 Å². The van der Waals surface area contributed by atoms with Crippen LogP contribution >= 0.6 is 0 Å². The quantitative estimate of drug-likeness (QED) is 0.741. The number of aromatic nitrogens is 2. The summed E-state index contributed by atoms with van der Waals surface area (Å²) in [5.41, 5.74) is 5.05. The van der Waals surface area contributed by atoms with Gasteiger partial charge in [0.25, 0.3) is 0 Å². The van der Waals surface area contributed by atoms with E-state index in [0.29, 0.717) is 5.69 Å². The molecule has 0 saturated carbocycles. The van der Waals surface area contributed by atoms with Crippen LogP contribution in [-0.4, -0.2) is 15.6 Å². The average Bonchev–Trinajstić information content (AvgIpc) is 2.61. The van der Waals surface area contributed by atoms with Crippen molar-refractivity contribution < 1.29 is 4.79 Å². The highest BCUT2D eigenvalue weighted by Crippen LogP contribution is 2.24. The first-order valence-corrected chi connectivity index (χ1v) is 5.61. The lowest BCUT2D eigenvalue weighted by molar-refractivity contribution is 0.101. The van der Waals surface area contributed by atoms with Gasteiger partial charge in [-0.3, -0.25) is 9.48 Å². The molecular formula is C14H16N2O. The summed E-state index contributed by atoms with van der Waals surface area (Å²) in [6.45, 7) is 5.68. The summed E-state index contributed by atoms with van der Waals surface area (Å²) in [5.74, 6) is -0.00313. The van der Waals surface area contributed by atoms with Crippen molar-refractivity contribution >= 4 is 5.78 Å². The molecule has 0 fully saturated rings. The van der Waals surface area contributed by atoms with E-state index in [4.69, 9.17) is 0 Å². The van der Waals surface area contributed by atoms with Gasteiger partial charge in [0.2, 0.25) is 0 Å². The zero-order chi connectivity index (χ0) is 12.6. The zero-order valence-electron chi connectivity index (χ0n) is 10.6. The van der Waals surface area contributed by atoms with Crippen LogP contribution in [0.15, 0.2) is 24.3 Å². The van der Waals surface area contributed by atoms with Crippen LogP contribution in [0.3, 0.4) is 0 Å². The molecule has 2 aromatic rings. The lowest BCUT2D eigenvalue weighted by Gasteiger charge is -2.06. The first-order valence-electron chi connectivity index (χ1n) is 5.61. The summed E-state index contributed by atoms with van der Waals surface area (Å²) in [6, 6.07) is 8.13. The molecule has 0 unspecified atom stereocenters. The van der Waals surface area contributed by atoms with E-state index in [9.17, 15) is 4.79 Å². The number of benzene rings is 1. The minimum atomic E-state index is -0.00313. The van der Waals surface area contributed by atoms with E-state index in [2.05, 4.69) is 37.1 Å². The zero-order valence-corrected chi connectivity index (χ0v) is 10.6. The summed E-state index contributed by atoms with van der Waals surface area (Å²) in [7, 11) is 1.86. The van der Waals surface area contributed by atoms with Gasteiger partial charge in [0, 0.05) is 19.5 Å². The normalized spacial score (nSPS) is 10.6. The van der Waals surface area contributed by atoms with Crippen molar-refractivity contribution in [1.82, 2.24) is 9.78 Å². The molecule has 1 aromatic heterocycles. The Morgan fingerprint density at radius 1 is 1.24 bits per heavy atom. The third-order valence-electron chi connectivity index (χ3n) is 2.90. The van der Waals surface area contributed by atoms with Gasteiger partial charge >= 0.3 is 0 Å². The first kappa shape index (κ1) is 11.6. The number of ketones is 1. The molecule has 0 radical (unpaired) electrons. The second-order valence-electron chi connectivity index (χ2n) is 4.41. The molecule has 0 spiro atoms. The number of nitrogens with zero attached hydrogens (tertiary/aromatic N) is 2. The van der Waals surface area contributed by atoms with Crippen LogP contribution < -0.4 is 0 Å². The lowest BCUT2D eigenvalue weighted by atomic mass is 10.0. The summed E-state index contributed by atoms with van der Waals surface area (Å²) < 4.78 is 1.76. The summed E-state index contributed by atoms with van der Waals surface area (Å²) >= 11 is 0. The summed E-state index contributed by atoms with van der Waals surface area (Å²) in [4.78, 5) is 11.3. The van der Waals surface area contributed by atoms with Gasteiger partial charge in [0.05, 0.1) is 5.69 Å². The minimum Gasteiger partial charge on any atom is -0.293 e. The molecule has 0 aliphatic rings. The molecule has 1 aromatic carbocycles. The maximum Gasteiger partial charge on any atom is 0.180 e. The van der Waals surface area contributed by atoms with Gasteiger partial charge < -0.3 is 0 Å². The molecule has 0 amide bonds. The number of carbonyl (C=O) groups is 1. The van der Waals surface area contributed by atoms with Crippen molar-refractivity contribution in [3.05, 3.63) is 41.1 Å². The van der Waals surface area contributed by atoms with Crippen LogP contribution in [0.1, 0.15) is 28.5 Å². The predicted molar refractivity (Wildman–Crippen MR) is 68.1 cm³/mol. The molecule has 88 valence electrons. The van der Waals surface area contributed by atoms with Crippen molar-refractivity contribution in [3.8, 4) is 11.3 Å². The molecule has 0 atom stereocenters. The highest BCUT2D eigenvalue weighted by atomic mass is 16.1.